The van der Waals surface area contributed by atoms with Crippen molar-refractivity contribution in [3.8, 4) is 16.9 Å². The fourth-order valence-corrected chi connectivity index (χ4v) is 2.59. The van der Waals surface area contributed by atoms with Gasteiger partial charge in [0.25, 0.3) is 5.69 Å². The van der Waals surface area contributed by atoms with Crippen LogP contribution in [0.5, 0.6) is 5.75 Å². The molecular weight excluding hydrogens is 310 g/mol. The monoisotopic (exact) mass is 323 g/mol. The van der Waals surface area contributed by atoms with E-state index in [4.69, 9.17) is 16.2 Å². The number of carbonyl (C=O) groups excluding carboxylic acids is 1. The molecule has 0 saturated carbocycles. The number of hydrogen-bond acceptors (Lipinski definition) is 5. The maximum absolute atomic E-state index is 11.4. The highest BCUT2D eigenvalue weighted by Gasteiger charge is 2.18. The number of carbonyl (C=O) groups is 1. The second-order valence-electron chi connectivity index (χ2n) is 5.11. The molecule has 120 valence electrons. The number of hydrogen-bond donors (Lipinski definition) is 2. The van der Waals surface area contributed by atoms with Gasteiger partial charge in [0.05, 0.1) is 10.3 Å². The number of fused-ring (bicyclic) bond motifs is 1. The zero-order chi connectivity index (χ0) is 17.3. The Kier molecular flexibility index (Phi) is 3.75. The number of amides is 1. The Balaban J connectivity index is 2.17. The summed E-state index contributed by atoms with van der Waals surface area (Å²) in [7, 11) is 0. The number of benzene rings is 3. The number of nitrogens with two attached hydrogens (primary N) is 2. The fraction of sp³-hybridized carbons (Fsp3) is 0. The molecule has 3 aromatic carbocycles. The van der Waals surface area contributed by atoms with Crippen molar-refractivity contribution >= 4 is 28.2 Å². The van der Waals surface area contributed by atoms with Crippen molar-refractivity contribution in [3.05, 3.63) is 64.7 Å². The maximum Gasteiger partial charge on any atom is 0.409 e. The lowest BCUT2D eigenvalue weighted by Gasteiger charge is -2.11. The van der Waals surface area contributed by atoms with Crippen molar-refractivity contribution in [2.45, 2.75) is 0 Å². The largest absolute Gasteiger partial charge is 0.411 e. The molecule has 0 heterocycles. The van der Waals surface area contributed by atoms with Crippen molar-refractivity contribution in [2.75, 3.05) is 5.73 Å². The van der Waals surface area contributed by atoms with Crippen LogP contribution in [0.3, 0.4) is 0 Å². The molecule has 0 radical (unpaired) electrons. The van der Waals surface area contributed by atoms with Gasteiger partial charge < -0.3 is 16.2 Å². The highest BCUT2D eigenvalue weighted by Crippen LogP contribution is 2.38. The second kappa shape index (κ2) is 5.88. The number of ether oxygens (including phenoxy) is 1. The van der Waals surface area contributed by atoms with E-state index in [9.17, 15) is 14.9 Å². The summed E-state index contributed by atoms with van der Waals surface area (Å²) in [6.45, 7) is 0. The number of nitrogen functional groups attached to an aromatic ring is 1. The van der Waals surface area contributed by atoms with Crippen molar-refractivity contribution < 1.29 is 14.5 Å². The first-order chi connectivity index (χ1) is 11.5. The molecule has 24 heavy (non-hydrogen) atoms. The Labute approximate surface area is 136 Å². The van der Waals surface area contributed by atoms with Gasteiger partial charge in [-0.2, -0.15) is 0 Å². The predicted molar refractivity (Wildman–Crippen MR) is 90.7 cm³/mol. The molecule has 0 aromatic heterocycles. The highest BCUT2D eigenvalue weighted by molar-refractivity contribution is 6.05. The summed E-state index contributed by atoms with van der Waals surface area (Å²) in [5.74, 6) is 0.278. The minimum Gasteiger partial charge on any atom is -0.411 e. The molecule has 3 rings (SSSR count). The molecule has 0 aliphatic heterocycles. The van der Waals surface area contributed by atoms with Crippen LogP contribution < -0.4 is 16.2 Å². The normalized spacial score (nSPS) is 10.5. The van der Waals surface area contributed by atoms with E-state index in [0.717, 1.165) is 0 Å². The zero-order valence-corrected chi connectivity index (χ0v) is 12.4. The van der Waals surface area contributed by atoms with Crippen LogP contribution in [0.1, 0.15) is 0 Å². The number of nitrogens with zero attached hydrogens (tertiary/aromatic N) is 1. The van der Waals surface area contributed by atoms with E-state index in [1.807, 2.05) is 0 Å². The van der Waals surface area contributed by atoms with Crippen LogP contribution in [0.15, 0.2) is 54.6 Å². The summed E-state index contributed by atoms with van der Waals surface area (Å²) in [6.07, 6.45) is -0.913. The fourth-order valence-electron chi connectivity index (χ4n) is 2.59. The van der Waals surface area contributed by atoms with Crippen molar-refractivity contribution in [1.82, 2.24) is 0 Å². The van der Waals surface area contributed by atoms with Crippen LogP contribution in [0, 0.1) is 10.1 Å². The lowest BCUT2D eigenvalue weighted by molar-refractivity contribution is -0.383. The molecule has 7 heteroatoms. The van der Waals surface area contributed by atoms with Crippen LogP contribution in [0.25, 0.3) is 21.9 Å². The molecule has 0 bridgehead atoms. The third-order valence-electron chi connectivity index (χ3n) is 3.64. The van der Waals surface area contributed by atoms with Gasteiger partial charge in [-0.05, 0) is 23.8 Å². The molecule has 0 aliphatic carbocycles. The number of nitro groups is 1. The standard InChI is InChI=1S/C17H13N3O4/c18-16-13-4-2-1-3-12(13)15(20(22)23)9-14(16)10-5-7-11(8-6-10)24-17(19)21/h1-9H,18H2,(H2,19,21). The predicted octanol–water partition coefficient (Wildman–Crippen LogP) is 3.45. The lowest BCUT2D eigenvalue weighted by Crippen LogP contribution is -2.16. The van der Waals surface area contributed by atoms with Crippen LogP contribution in [0.4, 0.5) is 16.2 Å². The Morgan fingerprint density at radius 2 is 1.67 bits per heavy atom. The van der Waals surface area contributed by atoms with Crippen molar-refractivity contribution in [2.24, 2.45) is 5.73 Å². The van der Waals surface area contributed by atoms with E-state index in [-0.39, 0.29) is 11.4 Å². The van der Waals surface area contributed by atoms with E-state index in [1.165, 1.54) is 6.07 Å². The Hall–Kier alpha value is -3.61. The minimum absolute atomic E-state index is 0.0211. The molecular formula is C17H13N3O4. The van der Waals surface area contributed by atoms with Crippen molar-refractivity contribution in [1.29, 1.82) is 0 Å². The number of rotatable bonds is 3. The van der Waals surface area contributed by atoms with Crippen LogP contribution >= 0.6 is 0 Å². The molecule has 0 saturated heterocycles. The van der Waals surface area contributed by atoms with E-state index in [0.29, 0.717) is 27.6 Å². The molecule has 0 fully saturated rings. The molecule has 0 spiro atoms. The summed E-state index contributed by atoms with van der Waals surface area (Å²) < 4.78 is 4.77. The first kappa shape index (κ1) is 15.3. The Morgan fingerprint density at radius 1 is 1.04 bits per heavy atom. The highest BCUT2D eigenvalue weighted by atomic mass is 16.6. The van der Waals surface area contributed by atoms with Crippen LogP contribution in [-0.2, 0) is 0 Å². The topological polar surface area (TPSA) is 121 Å². The first-order valence-electron chi connectivity index (χ1n) is 7.00. The Morgan fingerprint density at radius 3 is 2.25 bits per heavy atom. The molecule has 7 nitrogen and oxygen atoms in total. The summed E-state index contributed by atoms with van der Waals surface area (Å²) in [4.78, 5) is 21.7. The second-order valence-corrected chi connectivity index (χ2v) is 5.11. The van der Waals surface area contributed by atoms with Gasteiger partial charge in [0, 0.05) is 22.7 Å². The zero-order valence-electron chi connectivity index (χ0n) is 12.4. The van der Waals surface area contributed by atoms with Gasteiger partial charge in [-0.3, -0.25) is 10.1 Å². The average molecular weight is 323 g/mol. The van der Waals surface area contributed by atoms with Crippen LogP contribution in [-0.4, -0.2) is 11.0 Å². The van der Waals surface area contributed by atoms with Gasteiger partial charge in [-0.15, -0.1) is 0 Å². The molecule has 1 amide bonds. The number of primary amides is 1. The number of nitro benzene ring substituents is 1. The van der Waals surface area contributed by atoms with Gasteiger partial charge in [-0.1, -0.05) is 30.3 Å². The summed E-state index contributed by atoms with van der Waals surface area (Å²) in [5, 5.41) is 12.5. The lowest BCUT2D eigenvalue weighted by atomic mass is 9.97. The summed E-state index contributed by atoms with van der Waals surface area (Å²) in [5.41, 5.74) is 12.8. The number of non-ortho nitro benzene ring substituents is 1. The molecule has 0 aliphatic rings. The average Bonchev–Trinajstić information content (AvgIpc) is 2.55. The molecule has 3 aromatic rings. The van der Waals surface area contributed by atoms with E-state index in [1.54, 1.807) is 48.5 Å². The van der Waals surface area contributed by atoms with Gasteiger partial charge in [-0.25, -0.2) is 4.79 Å². The number of anilines is 1. The first-order valence-corrected chi connectivity index (χ1v) is 7.00. The third-order valence-corrected chi connectivity index (χ3v) is 3.64. The van der Waals surface area contributed by atoms with Crippen LogP contribution in [0.2, 0.25) is 0 Å². The van der Waals surface area contributed by atoms with E-state index in [2.05, 4.69) is 0 Å². The quantitative estimate of drug-likeness (QED) is 0.434. The summed E-state index contributed by atoms with van der Waals surface area (Å²) >= 11 is 0. The third kappa shape index (κ3) is 2.70. The van der Waals surface area contributed by atoms with E-state index >= 15 is 0 Å². The van der Waals surface area contributed by atoms with Gasteiger partial charge in [0.2, 0.25) is 0 Å². The van der Waals surface area contributed by atoms with Gasteiger partial charge in [0.1, 0.15) is 5.75 Å². The molecule has 0 atom stereocenters. The van der Waals surface area contributed by atoms with E-state index < -0.39 is 11.0 Å². The molecule has 4 N–H and O–H groups in total. The summed E-state index contributed by atoms with van der Waals surface area (Å²) in [6, 6.07) is 14.7. The maximum atomic E-state index is 11.4. The smallest absolute Gasteiger partial charge is 0.409 e. The van der Waals surface area contributed by atoms with Gasteiger partial charge in [0.15, 0.2) is 0 Å². The minimum atomic E-state index is -0.913. The van der Waals surface area contributed by atoms with Gasteiger partial charge >= 0.3 is 6.09 Å². The Bertz CT molecular complexity index is 952. The SMILES string of the molecule is NC(=O)Oc1ccc(-c2cc([N+](=O)[O-])c3ccccc3c2N)cc1. The molecule has 0 unspecified atom stereocenters. The van der Waals surface area contributed by atoms with Crippen molar-refractivity contribution in [3.63, 3.8) is 0 Å².